The van der Waals surface area contributed by atoms with Gasteiger partial charge in [-0.1, -0.05) is 18.2 Å². The van der Waals surface area contributed by atoms with Gasteiger partial charge < -0.3 is 20.7 Å². The highest BCUT2D eigenvalue weighted by molar-refractivity contribution is 5.98. The van der Waals surface area contributed by atoms with Crippen LogP contribution in [0.1, 0.15) is 50.7 Å². The SMILES string of the molecule is COc1ccccc1CNC(=O)c1ccc(C2CCN(C(=O)c3cnn(C)c3)CC2)nc1N. The first-order valence-electron chi connectivity index (χ1n) is 10.9. The number of anilines is 1. The molecule has 0 saturated carbocycles. The Kier molecular flexibility index (Phi) is 6.58. The Morgan fingerprint density at radius 2 is 1.94 bits per heavy atom. The molecule has 2 amide bonds. The molecule has 1 aliphatic heterocycles. The van der Waals surface area contributed by atoms with Crippen molar-refractivity contribution >= 4 is 17.6 Å². The van der Waals surface area contributed by atoms with Crippen LogP contribution in [0, 0.1) is 0 Å². The van der Waals surface area contributed by atoms with Crippen molar-refractivity contribution in [2.24, 2.45) is 7.05 Å². The van der Waals surface area contributed by atoms with Crippen molar-refractivity contribution in [1.29, 1.82) is 0 Å². The third kappa shape index (κ3) is 4.97. The van der Waals surface area contributed by atoms with Gasteiger partial charge in [0.2, 0.25) is 0 Å². The molecule has 4 rings (SSSR count). The van der Waals surface area contributed by atoms with Gasteiger partial charge in [-0.15, -0.1) is 0 Å². The average molecular weight is 449 g/mol. The topological polar surface area (TPSA) is 115 Å². The number of ether oxygens (including phenoxy) is 1. The number of para-hydroxylation sites is 1. The van der Waals surface area contributed by atoms with Gasteiger partial charge in [-0.05, 0) is 31.0 Å². The van der Waals surface area contributed by atoms with Gasteiger partial charge in [-0.25, -0.2) is 4.98 Å². The van der Waals surface area contributed by atoms with Crippen LogP contribution in [0.15, 0.2) is 48.8 Å². The van der Waals surface area contributed by atoms with Gasteiger partial charge in [-0.2, -0.15) is 5.10 Å². The number of aromatic nitrogens is 3. The molecule has 1 saturated heterocycles. The second-order valence-electron chi connectivity index (χ2n) is 8.13. The van der Waals surface area contributed by atoms with E-state index in [1.54, 1.807) is 37.3 Å². The molecular weight excluding hydrogens is 420 g/mol. The van der Waals surface area contributed by atoms with Gasteiger partial charge in [0.15, 0.2) is 0 Å². The van der Waals surface area contributed by atoms with Gasteiger partial charge in [0.25, 0.3) is 11.8 Å². The maximum Gasteiger partial charge on any atom is 0.257 e. The van der Waals surface area contributed by atoms with Gasteiger partial charge in [-0.3, -0.25) is 14.3 Å². The van der Waals surface area contributed by atoms with Crippen LogP contribution in [0.4, 0.5) is 5.82 Å². The molecule has 0 spiro atoms. The predicted molar refractivity (Wildman–Crippen MR) is 124 cm³/mol. The van der Waals surface area contributed by atoms with Crippen LogP contribution in [0.5, 0.6) is 5.75 Å². The van der Waals surface area contributed by atoms with Crippen LogP contribution in [0.2, 0.25) is 0 Å². The number of nitrogens with one attached hydrogen (secondary N) is 1. The second kappa shape index (κ2) is 9.72. The quantitative estimate of drug-likeness (QED) is 0.598. The zero-order valence-corrected chi connectivity index (χ0v) is 18.8. The number of likely N-dealkylation sites (tertiary alicyclic amines) is 1. The van der Waals surface area contributed by atoms with E-state index in [9.17, 15) is 9.59 Å². The first-order valence-corrected chi connectivity index (χ1v) is 10.9. The summed E-state index contributed by atoms with van der Waals surface area (Å²) in [6, 6.07) is 11.1. The number of nitrogen functional groups attached to an aromatic ring is 1. The fourth-order valence-corrected chi connectivity index (χ4v) is 4.12. The number of amides is 2. The van der Waals surface area contributed by atoms with E-state index in [1.165, 1.54) is 0 Å². The number of carbonyl (C=O) groups is 2. The van der Waals surface area contributed by atoms with E-state index in [0.717, 1.165) is 24.1 Å². The Balaban J connectivity index is 1.35. The summed E-state index contributed by atoms with van der Waals surface area (Å²) in [7, 11) is 3.39. The summed E-state index contributed by atoms with van der Waals surface area (Å²) in [5.41, 5.74) is 8.81. The number of rotatable bonds is 6. The lowest BCUT2D eigenvalue weighted by Gasteiger charge is -2.31. The number of aryl methyl sites for hydroxylation is 1. The number of piperidine rings is 1. The van der Waals surface area contributed by atoms with Gasteiger partial charge >= 0.3 is 0 Å². The smallest absolute Gasteiger partial charge is 0.257 e. The third-order valence-electron chi connectivity index (χ3n) is 5.98. The summed E-state index contributed by atoms with van der Waals surface area (Å²) in [5, 5.41) is 6.95. The van der Waals surface area contributed by atoms with E-state index >= 15 is 0 Å². The molecule has 33 heavy (non-hydrogen) atoms. The molecule has 1 aliphatic rings. The maximum absolute atomic E-state index is 12.7. The van der Waals surface area contributed by atoms with Crippen molar-refractivity contribution in [3.63, 3.8) is 0 Å². The summed E-state index contributed by atoms with van der Waals surface area (Å²) in [4.78, 5) is 31.6. The van der Waals surface area contributed by atoms with E-state index in [-0.39, 0.29) is 23.6 Å². The average Bonchev–Trinajstić information content (AvgIpc) is 3.28. The maximum atomic E-state index is 12.7. The number of benzene rings is 1. The molecule has 3 N–H and O–H groups in total. The molecule has 0 bridgehead atoms. The number of nitrogens with zero attached hydrogens (tertiary/aromatic N) is 4. The van der Waals surface area contributed by atoms with Crippen molar-refractivity contribution in [3.8, 4) is 5.75 Å². The van der Waals surface area contributed by atoms with Crippen molar-refractivity contribution in [1.82, 2.24) is 25.0 Å². The van der Waals surface area contributed by atoms with Crippen LogP contribution in [0.25, 0.3) is 0 Å². The monoisotopic (exact) mass is 448 g/mol. The summed E-state index contributed by atoms with van der Waals surface area (Å²) < 4.78 is 6.95. The van der Waals surface area contributed by atoms with Crippen molar-refractivity contribution in [2.75, 3.05) is 25.9 Å². The van der Waals surface area contributed by atoms with Gasteiger partial charge in [0.05, 0.1) is 24.4 Å². The highest BCUT2D eigenvalue weighted by atomic mass is 16.5. The summed E-state index contributed by atoms with van der Waals surface area (Å²) in [6.45, 7) is 1.61. The molecule has 1 aromatic carbocycles. The highest BCUT2D eigenvalue weighted by Crippen LogP contribution is 2.29. The molecule has 9 nitrogen and oxygen atoms in total. The highest BCUT2D eigenvalue weighted by Gasteiger charge is 2.26. The Labute approximate surface area is 192 Å². The van der Waals surface area contributed by atoms with Crippen molar-refractivity contribution in [2.45, 2.75) is 25.3 Å². The number of nitrogens with two attached hydrogens (primary N) is 1. The Morgan fingerprint density at radius 3 is 2.61 bits per heavy atom. The zero-order chi connectivity index (χ0) is 23.4. The van der Waals surface area contributed by atoms with Crippen molar-refractivity contribution < 1.29 is 14.3 Å². The molecule has 3 heterocycles. The molecular formula is C24H28N6O3. The van der Waals surface area contributed by atoms with Crippen LogP contribution in [-0.2, 0) is 13.6 Å². The van der Waals surface area contributed by atoms with Crippen LogP contribution < -0.4 is 15.8 Å². The molecule has 2 aromatic heterocycles. The summed E-state index contributed by atoms with van der Waals surface area (Å²) in [6.07, 6.45) is 4.90. The second-order valence-corrected chi connectivity index (χ2v) is 8.13. The van der Waals surface area contributed by atoms with E-state index in [0.29, 0.717) is 36.5 Å². The minimum absolute atomic E-state index is 0.00362. The van der Waals surface area contributed by atoms with Gasteiger partial charge in [0.1, 0.15) is 11.6 Å². The largest absolute Gasteiger partial charge is 0.496 e. The molecule has 0 unspecified atom stereocenters. The first-order chi connectivity index (χ1) is 16.0. The third-order valence-corrected chi connectivity index (χ3v) is 5.98. The van der Waals surface area contributed by atoms with E-state index < -0.39 is 0 Å². The van der Waals surface area contributed by atoms with E-state index in [2.05, 4.69) is 15.4 Å². The number of hydrogen-bond acceptors (Lipinski definition) is 6. The fraction of sp³-hybridized carbons (Fsp3) is 0.333. The van der Waals surface area contributed by atoms with Crippen LogP contribution >= 0.6 is 0 Å². The fourth-order valence-electron chi connectivity index (χ4n) is 4.12. The lowest BCUT2D eigenvalue weighted by molar-refractivity contribution is 0.0711. The summed E-state index contributed by atoms with van der Waals surface area (Å²) in [5.74, 6) is 0.827. The number of carbonyl (C=O) groups excluding carboxylic acids is 2. The number of hydrogen-bond donors (Lipinski definition) is 2. The molecule has 0 radical (unpaired) electrons. The summed E-state index contributed by atoms with van der Waals surface area (Å²) >= 11 is 0. The molecule has 0 atom stereocenters. The normalized spacial score (nSPS) is 14.2. The van der Waals surface area contributed by atoms with E-state index in [4.69, 9.17) is 10.5 Å². The standard InChI is InChI=1S/C24H28N6O3/c1-29-15-18(14-27-29)24(32)30-11-9-16(10-12-30)20-8-7-19(22(25)28-20)23(31)26-13-17-5-3-4-6-21(17)33-2/h3-8,14-16H,9-13H2,1-2H3,(H2,25,28)(H,26,31). The number of pyridine rings is 1. The molecule has 172 valence electrons. The minimum Gasteiger partial charge on any atom is -0.496 e. The minimum atomic E-state index is -0.283. The van der Waals surface area contributed by atoms with Crippen LogP contribution in [-0.4, -0.2) is 51.7 Å². The molecule has 9 heteroatoms. The van der Waals surface area contributed by atoms with Crippen molar-refractivity contribution in [3.05, 3.63) is 71.2 Å². The Morgan fingerprint density at radius 1 is 1.18 bits per heavy atom. The first kappa shape index (κ1) is 22.3. The van der Waals surface area contributed by atoms with Gasteiger partial charge in [0, 0.05) is 50.1 Å². The molecule has 3 aromatic rings. The Bertz CT molecular complexity index is 1150. The Hall–Kier alpha value is -3.88. The molecule has 0 aliphatic carbocycles. The molecule has 1 fully saturated rings. The van der Waals surface area contributed by atoms with E-state index in [1.807, 2.05) is 35.2 Å². The number of methoxy groups -OCH3 is 1. The predicted octanol–water partition coefficient (Wildman–Crippen LogP) is 2.36. The van der Waals surface area contributed by atoms with Crippen LogP contribution in [0.3, 0.4) is 0 Å². The zero-order valence-electron chi connectivity index (χ0n) is 18.8. The lowest BCUT2D eigenvalue weighted by atomic mass is 9.92. The lowest BCUT2D eigenvalue weighted by Crippen LogP contribution is -2.38.